The number of piperidine rings is 1. The van der Waals surface area contributed by atoms with E-state index in [1.54, 1.807) is 20.4 Å². The van der Waals surface area contributed by atoms with Crippen LogP contribution in [0.4, 0.5) is 5.69 Å². The molecule has 3 aromatic rings. The minimum absolute atomic E-state index is 0.281. The molecule has 0 bridgehead atoms. The molecular formula is C21H27N7O2. The fourth-order valence-corrected chi connectivity index (χ4v) is 3.65. The first-order chi connectivity index (χ1) is 14.8. The second-order valence-electron chi connectivity index (χ2n) is 7.11. The maximum Gasteiger partial charge on any atom is 0.216 e. The van der Waals surface area contributed by atoms with Crippen molar-refractivity contribution in [1.29, 1.82) is 0 Å². The zero-order chi connectivity index (χ0) is 20.8. The van der Waals surface area contributed by atoms with Crippen LogP contribution in [0.15, 0.2) is 52.1 Å². The SMILES string of the molecule is CN=C(NCc1nc(-c2ccco2)n[nH]1)NC1CCCN(c2ccccc2OC)C1. The maximum atomic E-state index is 5.53. The van der Waals surface area contributed by atoms with Crippen LogP contribution in [0.1, 0.15) is 18.7 Å². The van der Waals surface area contributed by atoms with Gasteiger partial charge in [-0.05, 0) is 37.1 Å². The smallest absolute Gasteiger partial charge is 0.216 e. The quantitative estimate of drug-likeness (QED) is 0.424. The van der Waals surface area contributed by atoms with E-state index in [9.17, 15) is 0 Å². The van der Waals surface area contributed by atoms with Crippen LogP contribution in [0, 0.1) is 0 Å². The Kier molecular flexibility index (Phi) is 6.17. The summed E-state index contributed by atoms with van der Waals surface area (Å²) in [5.41, 5.74) is 1.13. The molecule has 30 heavy (non-hydrogen) atoms. The first kappa shape index (κ1) is 19.8. The highest BCUT2D eigenvalue weighted by atomic mass is 16.5. The monoisotopic (exact) mass is 409 g/mol. The Labute approximate surface area is 175 Å². The number of hydrogen-bond acceptors (Lipinski definition) is 6. The summed E-state index contributed by atoms with van der Waals surface area (Å²) in [7, 11) is 3.48. The molecule has 1 saturated heterocycles. The molecule has 2 aromatic heterocycles. The summed E-state index contributed by atoms with van der Waals surface area (Å²) in [6.45, 7) is 2.38. The summed E-state index contributed by atoms with van der Waals surface area (Å²) in [6.07, 6.45) is 3.78. The van der Waals surface area contributed by atoms with E-state index >= 15 is 0 Å². The zero-order valence-corrected chi connectivity index (χ0v) is 17.3. The van der Waals surface area contributed by atoms with Gasteiger partial charge in [0.2, 0.25) is 5.82 Å². The number of hydrogen-bond donors (Lipinski definition) is 3. The molecule has 0 radical (unpaired) electrons. The van der Waals surface area contributed by atoms with Crippen molar-refractivity contribution in [3.05, 3.63) is 48.5 Å². The first-order valence-electron chi connectivity index (χ1n) is 10.1. The number of aromatic amines is 1. The lowest BCUT2D eigenvalue weighted by Gasteiger charge is -2.36. The zero-order valence-electron chi connectivity index (χ0n) is 17.3. The predicted octanol–water partition coefficient (Wildman–Crippen LogP) is 2.41. The Morgan fingerprint density at radius 1 is 1.33 bits per heavy atom. The lowest BCUT2D eigenvalue weighted by molar-refractivity contribution is 0.408. The van der Waals surface area contributed by atoms with Gasteiger partial charge in [0, 0.05) is 26.2 Å². The molecule has 0 spiro atoms. The van der Waals surface area contributed by atoms with Gasteiger partial charge in [0.25, 0.3) is 0 Å². The van der Waals surface area contributed by atoms with Crippen LogP contribution in [0.2, 0.25) is 0 Å². The Morgan fingerprint density at radius 2 is 2.23 bits per heavy atom. The highest BCUT2D eigenvalue weighted by Crippen LogP contribution is 2.29. The average molecular weight is 409 g/mol. The lowest BCUT2D eigenvalue weighted by Crippen LogP contribution is -2.51. The molecule has 1 fully saturated rings. The molecule has 1 aliphatic rings. The van der Waals surface area contributed by atoms with Crippen LogP contribution < -0.4 is 20.3 Å². The van der Waals surface area contributed by atoms with E-state index in [1.807, 2.05) is 30.3 Å². The van der Waals surface area contributed by atoms with E-state index in [0.717, 1.165) is 43.3 Å². The number of methoxy groups -OCH3 is 1. The van der Waals surface area contributed by atoms with Gasteiger partial charge in [0.1, 0.15) is 11.6 Å². The van der Waals surface area contributed by atoms with Crippen LogP contribution in [-0.2, 0) is 6.54 Å². The summed E-state index contributed by atoms with van der Waals surface area (Å²) >= 11 is 0. The molecule has 0 aliphatic carbocycles. The Morgan fingerprint density at radius 3 is 3.03 bits per heavy atom. The summed E-state index contributed by atoms with van der Waals surface area (Å²) in [4.78, 5) is 11.2. The number of nitrogens with zero attached hydrogens (tertiary/aromatic N) is 4. The van der Waals surface area contributed by atoms with Gasteiger partial charge >= 0.3 is 0 Å². The van der Waals surface area contributed by atoms with Crippen molar-refractivity contribution in [2.45, 2.75) is 25.4 Å². The van der Waals surface area contributed by atoms with Crippen molar-refractivity contribution < 1.29 is 9.15 Å². The van der Waals surface area contributed by atoms with Crippen LogP contribution in [0.25, 0.3) is 11.6 Å². The van der Waals surface area contributed by atoms with Crippen molar-refractivity contribution in [2.75, 3.05) is 32.1 Å². The number of ether oxygens (including phenoxy) is 1. The number of para-hydroxylation sites is 2. The van der Waals surface area contributed by atoms with Crippen molar-refractivity contribution in [3.63, 3.8) is 0 Å². The Bertz CT molecular complexity index is 967. The number of furan rings is 1. The molecule has 0 amide bonds. The molecule has 4 rings (SSSR count). The maximum absolute atomic E-state index is 5.53. The number of aromatic nitrogens is 3. The molecule has 9 nitrogen and oxygen atoms in total. The summed E-state index contributed by atoms with van der Waals surface area (Å²) in [6, 6.07) is 12.1. The van der Waals surface area contributed by atoms with Gasteiger partial charge in [-0.3, -0.25) is 10.1 Å². The van der Waals surface area contributed by atoms with Crippen molar-refractivity contribution in [3.8, 4) is 17.3 Å². The van der Waals surface area contributed by atoms with Crippen LogP contribution in [-0.4, -0.2) is 54.4 Å². The van der Waals surface area contributed by atoms with Crippen molar-refractivity contribution >= 4 is 11.6 Å². The van der Waals surface area contributed by atoms with E-state index in [2.05, 4.69) is 41.8 Å². The highest BCUT2D eigenvalue weighted by molar-refractivity contribution is 5.80. The number of rotatable bonds is 6. The number of nitrogens with one attached hydrogen (secondary N) is 3. The van der Waals surface area contributed by atoms with E-state index in [-0.39, 0.29) is 6.04 Å². The number of anilines is 1. The van der Waals surface area contributed by atoms with Crippen molar-refractivity contribution in [1.82, 2.24) is 25.8 Å². The third-order valence-corrected chi connectivity index (χ3v) is 5.11. The Balaban J connectivity index is 1.33. The van der Waals surface area contributed by atoms with Gasteiger partial charge in [0.05, 0.1) is 25.6 Å². The predicted molar refractivity (Wildman–Crippen MR) is 116 cm³/mol. The minimum atomic E-state index is 0.281. The van der Waals surface area contributed by atoms with Gasteiger partial charge in [-0.25, -0.2) is 4.98 Å². The average Bonchev–Trinajstić information content (AvgIpc) is 3.49. The molecule has 0 saturated carbocycles. The minimum Gasteiger partial charge on any atom is -0.495 e. The molecule has 3 heterocycles. The Hall–Kier alpha value is -3.49. The summed E-state index contributed by atoms with van der Waals surface area (Å²) < 4.78 is 10.9. The largest absolute Gasteiger partial charge is 0.495 e. The lowest BCUT2D eigenvalue weighted by atomic mass is 10.0. The molecule has 1 atom stereocenters. The summed E-state index contributed by atoms with van der Waals surface area (Å²) in [5, 5.41) is 13.9. The highest BCUT2D eigenvalue weighted by Gasteiger charge is 2.23. The van der Waals surface area contributed by atoms with Gasteiger partial charge in [-0.15, -0.1) is 5.10 Å². The van der Waals surface area contributed by atoms with Crippen LogP contribution in [0.3, 0.4) is 0 Å². The third-order valence-electron chi connectivity index (χ3n) is 5.11. The molecule has 9 heteroatoms. The van der Waals surface area contributed by atoms with Crippen molar-refractivity contribution in [2.24, 2.45) is 4.99 Å². The standard InChI is InChI=1S/C21H27N7O2/c1-22-21(23-13-19-25-20(27-26-19)18-10-6-12-30-18)24-15-7-5-11-28(14-15)16-8-3-4-9-17(16)29-2/h3-4,6,8-10,12,15H,5,7,11,13-14H2,1-2H3,(H2,22,23,24)(H,25,26,27). The fourth-order valence-electron chi connectivity index (χ4n) is 3.65. The van der Waals surface area contributed by atoms with Gasteiger partial charge in [0.15, 0.2) is 11.7 Å². The number of benzene rings is 1. The molecule has 158 valence electrons. The van der Waals surface area contributed by atoms with E-state index in [4.69, 9.17) is 9.15 Å². The first-order valence-corrected chi connectivity index (χ1v) is 10.1. The molecule has 1 unspecified atom stereocenters. The number of guanidine groups is 1. The number of H-pyrrole nitrogens is 1. The second-order valence-corrected chi connectivity index (χ2v) is 7.11. The van der Waals surface area contributed by atoms with E-state index < -0.39 is 0 Å². The fraction of sp³-hybridized carbons (Fsp3) is 0.381. The third kappa shape index (κ3) is 4.56. The summed E-state index contributed by atoms with van der Waals surface area (Å²) in [5.74, 6) is 3.53. The normalized spacial score (nSPS) is 17.1. The topological polar surface area (TPSA) is 104 Å². The van der Waals surface area contributed by atoms with E-state index in [0.29, 0.717) is 24.0 Å². The molecule has 3 N–H and O–H groups in total. The molecular weight excluding hydrogens is 382 g/mol. The number of aliphatic imine (C=N–C) groups is 1. The molecule has 1 aromatic carbocycles. The van der Waals surface area contributed by atoms with E-state index in [1.165, 1.54) is 0 Å². The van der Waals surface area contributed by atoms with Gasteiger partial charge < -0.3 is 24.7 Å². The second kappa shape index (κ2) is 9.34. The van der Waals surface area contributed by atoms with Gasteiger partial charge in [-0.1, -0.05) is 12.1 Å². The van der Waals surface area contributed by atoms with Gasteiger partial charge in [-0.2, -0.15) is 0 Å². The van der Waals surface area contributed by atoms with Crippen LogP contribution in [0.5, 0.6) is 5.75 Å². The molecule has 1 aliphatic heterocycles. The van der Waals surface area contributed by atoms with Crippen LogP contribution >= 0.6 is 0 Å².